The fourth-order valence-electron chi connectivity index (χ4n) is 4.74. The van der Waals surface area contributed by atoms with Crippen LogP contribution in [0, 0.1) is 0 Å². The quantitative estimate of drug-likeness (QED) is 0.0181. The second-order valence-corrected chi connectivity index (χ2v) is 15.2. The van der Waals surface area contributed by atoms with E-state index >= 15 is 0 Å². The number of nitrogens with one attached hydrogen (secondary N) is 1. The van der Waals surface area contributed by atoms with Crippen molar-refractivity contribution in [3.05, 3.63) is 60.8 Å². The number of likely N-dealkylation sites (N-methyl/N-ethyl adjacent to an activating group) is 1. The molecule has 0 spiro atoms. The van der Waals surface area contributed by atoms with Gasteiger partial charge in [-0.05, 0) is 57.8 Å². The van der Waals surface area contributed by atoms with Gasteiger partial charge in [-0.15, -0.1) is 0 Å². The third-order valence-electron chi connectivity index (χ3n) is 7.80. The molecule has 0 bridgehead atoms. The number of amides is 1. The number of rotatable bonds is 32. The number of aliphatic hydroxyl groups excluding tert-OH is 2. The maximum absolute atomic E-state index is 12.8. The van der Waals surface area contributed by atoms with Gasteiger partial charge in [0.15, 0.2) is 0 Å². The summed E-state index contributed by atoms with van der Waals surface area (Å²) < 4.78 is 23.4. The zero-order chi connectivity index (χ0) is 36.6. The van der Waals surface area contributed by atoms with Crippen LogP contribution in [0.25, 0.3) is 0 Å². The van der Waals surface area contributed by atoms with Crippen molar-refractivity contribution in [3.8, 4) is 0 Å². The van der Waals surface area contributed by atoms with Gasteiger partial charge in [0.05, 0.1) is 46.0 Å². The molecule has 4 atom stereocenters. The molecule has 284 valence electrons. The number of carbonyl (C=O) groups excluding carboxylic acids is 1. The lowest BCUT2D eigenvalue weighted by Gasteiger charge is -2.25. The van der Waals surface area contributed by atoms with Gasteiger partial charge < -0.3 is 24.9 Å². The Labute approximate surface area is 299 Å². The summed E-state index contributed by atoms with van der Waals surface area (Å²) in [5.41, 5.74) is 0. The second kappa shape index (κ2) is 30.9. The van der Waals surface area contributed by atoms with Crippen LogP contribution in [0.15, 0.2) is 60.8 Å². The average molecular weight is 712 g/mol. The first-order chi connectivity index (χ1) is 23.4. The molecule has 1 amide bonds. The van der Waals surface area contributed by atoms with Crippen LogP contribution in [0.5, 0.6) is 0 Å². The number of quaternary nitrogens is 1. The summed E-state index contributed by atoms with van der Waals surface area (Å²) in [6.45, 7) is 4.49. The summed E-state index contributed by atoms with van der Waals surface area (Å²) in [6.07, 6.45) is 34.8. The molecule has 10 heteroatoms. The molecule has 0 rings (SSSR count). The van der Waals surface area contributed by atoms with Crippen LogP contribution in [-0.4, -0.2) is 84.6 Å². The number of aliphatic hydroxyl groups is 2. The van der Waals surface area contributed by atoms with Crippen molar-refractivity contribution >= 4 is 13.7 Å². The Morgan fingerprint density at radius 2 is 1.39 bits per heavy atom. The van der Waals surface area contributed by atoms with Crippen molar-refractivity contribution in [2.24, 2.45) is 0 Å². The highest BCUT2D eigenvalue weighted by Crippen LogP contribution is 2.43. The van der Waals surface area contributed by atoms with Gasteiger partial charge in [0.2, 0.25) is 5.91 Å². The lowest BCUT2D eigenvalue weighted by atomic mass is 10.1. The monoisotopic (exact) mass is 712 g/mol. The molecule has 0 heterocycles. The topological polar surface area (TPSA) is 125 Å². The van der Waals surface area contributed by atoms with E-state index in [-0.39, 0.29) is 19.1 Å². The van der Waals surface area contributed by atoms with E-state index in [2.05, 4.69) is 43.5 Å². The summed E-state index contributed by atoms with van der Waals surface area (Å²) in [7, 11) is 1.49. The maximum Gasteiger partial charge on any atom is 0.472 e. The van der Waals surface area contributed by atoms with Gasteiger partial charge in [0, 0.05) is 6.42 Å². The SMILES string of the molecule is CC/C=C/CC(O)/C=C/C=C/CCCCCCCC(=O)N[C@@H](COP(=O)(O)OCC[N+](C)(C)C)[C@H](O)/C=C/CC/C=C\CCCCCCC. The molecule has 0 fully saturated rings. The molecule has 49 heavy (non-hydrogen) atoms. The molecule has 0 aliphatic carbocycles. The molecule has 0 radical (unpaired) electrons. The van der Waals surface area contributed by atoms with Crippen molar-refractivity contribution in [1.29, 1.82) is 0 Å². The van der Waals surface area contributed by atoms with E-state index in [1.165, 1.54) is 32.1 Å². The predicted octanol–water partition coefficient (Wildman–Crippen LogP) is 8.49. The third-order valence-corrected chi connectivity index (χ3v) is 8.79. The number of hydrogen-bond acceptors (Lipinski definition) is 6. The lowest BCUT2D eigenvalue weighted by molar-refractivity contribution is -0.870. The van der Waals surface area contributed by atoms with Crippen molar-refractivity contribution in [2.45, 2.75) is 141 Å². The summed E-state index contributed by atoms with van der Waals surface area (Å²) >= 11 is 0. The van der Waals surface area contributed by atoms with E-state index in [9.17, 15) is 24.5 Å². The van der Waals surface area contributed by atoms with Crippen LogP contribution in [0.4, 0.5) is 0 Å². The van der Waals surface area contributed by atoms with Crippen LogP contribution in [0.3, 0.4) is 0 Å². The number of allylic oxidation sites excluding steroid dienone is 7. The molecule has 0 aromatic heterocycles. The molecule has 4 N–H and O–H groups in total. The summed E-state index contributed by atoms with van der Waals surface area (Å²) in [4.78, 5) is 22.9. The first kappa shape index (κ1) is 47.2. The highest BCUT2D eigenvalue weighted by atomic mass is 31.2. The molecule has 0 saturated carbocycles. The van der Waals surface area contributed by atoms with Crippen molar-refractivity contribution in [1.82, 2.24) is 5.32 Å². The van der Waals surface area contributed by atoms with Gasteiger partial charge in [0.1, 0.15) is 13.2 Å². The molecule has 0 aromatic rings. The summed E-state index contributed by atoms with van der Waals surface area (Å²) in [5, 5.41) is 23.5. The van der Waals surface area contributed by atoms with Crippen LogP contribution in [0.2, 0.25) is 0 Å². The first-order valence-corrected chi connectivity index (χ1v) is 20.3. The standard InChI is InChI=1S/C39H71N2O7P/c1-6-8-10-11-12-13-14-17-20-23-27-31-38(43)37(35-48-49(45,46)47-34-33-41(3,4)5)40-39(44)32-28-24-21-18-15-16-19-22-26-30-36(42)29-25-9-7-2/h9,14,17,19,22,25-27,30-31,36-38,42-43H,6-8,10-13,15-16,18,20-21,23-24,28-29,32-35H2,1-5H3,(H-,40,44,45,46)/p+1/b17-14-,22-19+,25-9+,30-26+,31-27+/t36?,37-,38+/m0/s1. The molecule has 2 unspecified atom stereocenters. The normalized spacial score (nSPS) is 16.0. The minimum Gasteiger partial charge on any atom is -0.389 e. The van der Waals surface area contributed by atoms with Gasteiger partial charge in [-0.2, -0.15) is 0 Å². The van der Waals surface area contributed by atoms with Crippen molar-refractivity contribution in [3.63, 3.8) is 0 Å². The Bertz CT molecular complexity index is 1000. The van der Waals surface area contributed by atoms with Gasteiger partial charge in [-0.25, -0.2) is 4.57 Å². The molecule has 0 aromatic carbocycles. The third kappa shape index (κ3) is 33.1. The largest absolute Gasteiger partial charge is 0.472 e. The zero-order valence-electron chi connectivity index (χ0n) is 31.5. The van der Waals surface area contributed by atoms with E-state index in [0.717, 1.165) is 57.8 Å². The smallest absolute Gasteiger partial charge is 0.389 e. The Morgan fingerprint density at radius 3 is 2.08 bits per heavy atom. The highest BCUT2D eigenvalue weighted by Gasteiger charge is 2.27. The predicted molar refractivity (Wildman–Crippen MR) is 204 cm³/mol. The van der Waals surface area contributed by atoms with Crippen LogP contribution >= 0.6 is 7.82 Å². The van der Waals surface area contributed by atoms with Crippen LogP contribution < -0.4 is 5.32 Å². The molecule has 0 aliphatic heterocycles. The number of phosphoric acid groups is 1. The Balaban J connectivity index is 4.66. The molecule has 0 saturated heterocycles. The lowest BCUT2D eigenvalue weighted by Crippen LogP contribution is -2.45. The van der Waals surface area contributed by atoms with Crippen molar-refractivity contribution < 1.29 is 38.0 Å². The van der Waals surface area contributed by atoms with E-state index in [0.29, 0.717) is 30.3 Å². The van der Waals surface area contributed by atoms with Gasteiger partial charge in [0.25, 0.3) is 0 Å². The molecule has 0 aliphatic rings. The van der Waals surface area contributed by atoms with Gasteiger partial charge in [-0.3, -0.25) is 13.8 Å². The maximum atomic E-state index is 12.8. The fraction of sp³-hybridized carbons (Fsp3) is 0.718. The Morgan fingerprint density at radius 1 is 0.755 bits per heavy atom. The molecular formula is C39H72N2O7P+. The zero-order valence-corrected chi connectivity index (χ0v) is 32.4. The van der Waals surface area contributed by atoms with Gasteiger partial charge in [-0.1, -0.05) is 120 Å². The van der Waals surface area contributed by atoms with E-state index < -0.39 is 26.1 Å². The number of hydrogen-bond donors (Lipinski definition) is 4. The Hall–Kier alpha value is -1.84. The van der Waals surface area contributed by atoms with Gasteiger partial charge >= 0.3 is 7.82 Å². The molecular weight excluding hydrogens is 639 g/mol. The molecule has 9 nitrogen and oxygen atoms in total. The number of nitrogens with zero attached hydrogens (tertiary/aromatic N) is 1. The minimum atomic E-state index is -4.36. The number of phosphoric ester groups is 1. The van der Waals surface area contributed by atoms with Crippen LogP contribution in [-0.2, 0) is 18.4 Å². The highest BCUT2D eigenvalue weighted by molar-refractivity contribution is 7.47. The summed E-state index contributed by atoms with van der Waals surface area (Å²) in [5.74, 6) is -0.233. The van der Waals surface area contributed by atoms with E-state index in [4.69, 9.17) is 9.05 Å². The number of carbonyl (C=O) groups is 1. The average Bonchev–Trinajstić information content (AvgIpc) is 3.03. The first-order valence-electron chi connectivity index (χ1n) is 18.8. The summed E-state index contributed by atoms with van der Waals surface area (Å²) in [6, 6.07) is -0.889. The van der Waals surface area contributed by atoms with Crippen molar-refractivity contribution in [2.75, 3.05) is 40.9 Å². The minimum absolute atomic E-state index is 0.0394. The fourth-order valence-corrected chi connectivity index (χ4v) is 5.47. The second-order valence-electron chi connectivity index (χ2n) is 13.8. The van der Waals surface area contributed by atoms with E-state index in [1.807, 2.05) is 45.4 Å². The Kier molecular flexibility index (Phi) is 29.8. The number of unbranched alkanes of at least 4 members (excludes halogenated alkanes) is 11. The van der Waals surface area contributed by atoms with E-state index in [1.54, 1.807) is 12.2 Å². The van der Waals surface area contributed by atoms with Crippen LogP contribution in [0.1, 0.15) is 123 Å².